The van der Waals surface area contributed by atoms with Crippen molar-refractivity contribution in [2.45, 2.75) is 57.0 Å². The van der Waals surface area contributed by atoms with Gasteiger partial charge in [-0.2, -0.15) is 14.8 Å². The molecule has 3 aromatic heterocycles. The van der Waals surface area contributed by atoms with Crippen LogP contribution < -0.4 is 10.6 Å². The quantitative estimate of drug-likeness (QED) is 0.143. The first-order chi connectivity index (χ1) is 21.6. The van der Waals surface area contributed by atoms with E-state index in [0.29, 0.717) is 36.5 Å². The molecule has 1 fully saturated rings. The van der Waals surface area contributed by atoms with E-state index in [0.717, 1.165) is 11.1 Å². The second-order valence-corrected chi connectivity index (χ2v) is 10.2. The summed E-state index contributed by atoms with van der Waals surface area (Å²) in [6.45, 7) is 2.88. The third-order valence-corrected chi connectivity index (χ3v) is 7.31. The van der Waals surface area contributed by atoms with Crippen LogP contribution in [0.3, 0.4) is 0 Å². The second kappa shape index (κ2) is 13.1. The summed E-state index contributed by atoms with van der Waals surface area (Å²) in [5.41, 5.74) is 2.84. The van der Waals surface area contributed by atoms with Gasteiger partial charge in [0.15, 0.2) is 35.4 Å². The minimum Gasteiger partial charge on any atom is -0.457 e. The number of fused-ring (bicyclic) bond motifs is 1. The summed E-state index contributed by atoms with van der Waals surface area (Å²) in [7, 11) is 0. The van der Waals surface area contributed by atoms with Gasteiger partial charge in [-0.3, -0.25) is 9.36 Å². The molecule has 1 aliphatic rings. The smallest absolute Gasteiger partial charge is 0.293 e. The number of carbonyl (C=O) groups is 1. The zero-order valence-electron chi connectivity index (χ0n) is 23.8. The topological polar surface area (TPSA) is 187 Å². The van der Waals surface area contributed by atoms with E-state index in [1.54, 1.807) is 4.57 Å². The molecule has 5 aromatic rings. The number of nitrogens with zero attached hydrogens (tertiary/aromatic N) is 8. The van der Waals surface area contributed by atoms with E-state index in [4.69, 9.17) is 19.4 Å². The lowest BCUT2D eigenvalue weighted by Gasteiger charge is -2.20. The van der Waals surface area contributed by atoms with Crippen molar-refractivity contribution < 1.29 is 24.5 Å². The Balaban J connectivity index is 1.36. The number of imidazole rings is 1. The number of anilines is 2. The second-order valence-electron chi connectivity index (χ2n) is 10.2. The minimum atomic E-state index is -1.29. The van der Waals surface area contributed by atoms with Crippen molar-refractivity contribution in [1.29, 1.82) is 0 Å². The zero-order chi connectivity index (χ0) is 30.5. The van der Waals surface area contributed by atoms with Crippen molar-refractivity contribution in [1.82, 2.24) is 39.7 Å². The molecular weight excluding hydrogens is 568 g/mol. The molecule has 44 heavy (non-hydrogen) atoms. The number of aliphatic hydroxyl groups excluding tert-OH is 2. The summed E-state index contributed by atoms with van der Waals surface area (Å²) >= 11 is 0. The Morgan fingerprint density at radius 3 is 2.52 bits per heavy atom. The SMILES string of the molecule is CCn1nnc([C@H]2O[C@@H](n3cnc4c(NCc5ccccc5)nc(N[C@H](CO)Cc5ccccc5)nc43)[C@H](OC=O)[C@@H]2O)n1. The molecule has 5 atom stereocenters. The molecule has 1 saturated heterocycles. The number of hydrogen-bond donors (Lipinski definition) is 4. The molecule has 2 aromatic carbocycles. The summed E-state index contributed by atoms with van der Waals surface area (Å²) < 4.78 is 13.1. The van der Waals surface area contributed by atoms with Crippen LogP contribution in [0.1, 0.15) is 36.2 Å². The Bertz CT molecular complexity index is 1680. The molecule has 0 aliphatic carbocycles. The van der Waals surface area contributed by atoms with Crippen LogP contribution in [0.5, 0.6) is 0 Å². The molecule has 1 aliphatic heterocycles. The number of hydrogen-bond acceptors (Lipinski definition) is 13. The maximum Gasteiger partial charge on any atom is 0.293 e. The number of aromatic nitrogens is 8. The number of aryl methyl sites for hydroxylation is 1. The Morgan fingerprint density at radius 1 is 1.09 bits per heavy atom. The normalized spacial score (nSPS) is 20.4. The van der Waals surface area contributed by atoms with Crippen LogP contribution in [-0.4, -0.2) is 81.3 Å². The van der Waals surface area contributed by atoms with Gasteiger partial charge in [0, 0.05) is 6.54 Å². The van der Waals surface area contributed by atoms with Crippen molar-refractivity contribution in [2.75, 3.05) is 17.2 Å². The van der Waals surface area contributed by atoms with E-state index >= 15 is 0 Å². The highest BCUT2D eigenvalue weighted by atomic mass is 16.6. The lowest BCUT2D eigenvalue weighted by molar-refractivity contribution is -0.142. The van der Waals surface area contributed by atoms with E-state index in [2.05, 4.69) is 31.0 Å². The molecular formula is C29H32N10O5. The molecule has 6 rings (SSSR count). The molecule has 0 bridgehead atoms. The molecule has 0 spiro atoms. The summed E-state index contributed by atoms with van der Waals surface area (Å²) in [5, 5.41) is 40.1. The van der Waals surface area contributed by atoms with Crippen molar-refractivity contribution in [3.63, 3.8) is 0 Å². The standard InChI is InChI=1S/C29H32N10O5/c1-2-39-36-26(35-37-39)23-22(42)24(43-17-41)28(44-23)38-16-31-21-25(30-14-19-11-7-4-8-12-19)33-29(34-27(21)38)32-20(15-40)13-18-9-5-3-6-10-18/h3-12,16-17,20,22-24,28,40,42H,2,13-15H2,1H3,(H2,30,32,33,34)/t20-,22+,23-,24+,28+/m0/s1. The molecule has 15 heteroatoms. The van der Waals surface area contributed by atoms with E-state index in [-0.39, 0.29) is 30.9 Å². The number of nitrogens with one attached hydrogen (secondary N) is 2. The fourth-order valence-corrected chi connectivity index (χ4v) is 5.12. The monoisotopic (exact) mass is 600 g/mol. The van der Waals surface area contributed by atoms with E-state index in [1.165, 1.54) is 11.1 Å². The molecule has 0 radical (unpaired) electrons. The number of carbonyl (C=O) groups excluding carboxylic acids is 1. The van der Waals surface area contributed by atoms with Crippen LogP contribution in [-0.2, 0) is 33.8 Å². The first-order valence-electron chi connectivity index (χ1n) is 14.2. The van der Waals surface area contributed by atoms with Crippen LogP contribution >= 0.6 is 0 Å². The summed E-state index contributed by atoms with van der Waals surface area (Å²) in [6.07, 6.45) is -2.45. The molecule has 0 saturated carbocycles. The number of aliphatic hydroxyl groups is 2. The average Bonchev–Trinajstić information content (AvgIpc) is 3.78. The lowest BCUT2D eigenvalue weighted by atomic mass is 10.1. The third kappa shape index (κ3) is 6.06. The van der Waals surface area contributed by atoms with Gasteiger partial charge >= 0.3 is 0 Å². The van der Waals surface area contributed by atoms with Gasteiger partial charge in [0.2, 0.25) is 11.8 Å². The molecule has 4 heterocycles. The molecule has 0 unspecified atom stereocenters. The highest BCUT2D eigenvalue weighted by Crippen LogP contribution is 2.40. The van der Waals surface area contributed by atoms with Crippen molar-refractivity contribution in [3.05, 3.63) is 83.9 Å². The van der Waals surface area contributed by atoms with Crippen LogP contribution in [0.4, 0.5) is 11.8 Å². The van der Waals surface area contributed by atoms with Crippen LogP contribution in [0.25, 0.3) is 11.2 Å². The molecule has 4 N–H and O–H groups in total. The fourth-order valence-electron chi connectivity index (χ4n) is 5.12. The predicted octanol–water partition coefficient (Wildman–Crippen LogP) is 1.63. The van der Waals surface area contributed by atoms with Gasteiger partial charge in [-0.15, -0.1) is 10.2 Å². The first-order valence-corrected chi connectivity index (χ1v) is 14.2. The van der Waals surface area contributed by atoms with Crippen molar-refractivity contribution >= 4 is 29.4 Å². The van der Waals surface area contributed by atoms with Crippen LogP contribution in [0.15, 0.2) is 67.0 Å². The molecule has 15 nitrogen and oxygen atoms in total. The minimum absolute atomic E-state index is 0.152. The van der Waals surface area contributed by atoms with E-state index in [1.807, 2.05) is 67.6 Å². The van der Waals surface area contributed by atoms with Crippen molar-refractivity contribution in [2.24, 2.45) is 0 Å². The molecule has 0 amide bonds. The number of rotatable bonds is 13. The van der Waals surface area contributed by atoms with Crippen LogP contribution in [0.2, 0.25) is 0 Å². The lowest BCUT2D eigenvalue weighted by Crippen LogP contribution is -2.32. The van der Waals surface area contributed by atoms with Gasteiger partial charge in [0.05, 0.1) is 25.5 Å². The van der Waals surface area contributed by atoms with Gasteiger partial charge in [-0.05, 0) is 29.7 Å². The number of benzene rings is 2. The van der Waals surface area contributed by atoms with Gasteiger partial charge in [-0.25, -0.2) is 4.98 Å². The highest BCUT2D eigenvalue weighted by molar-refractivity contribution is 5.84. The fraction of sp³-hybridized carbons (Fsp3) is 0.345. The summed E-state index contributed by atoms with van der Waals surface area (Å²) in [4.78, 5) is 26.8. The average molecular weight is 601 g/mol. The first kappa shape index (κ1) is 29.1. The highest BCUT2D eigenvalue weighted by Gasteiger charge is 2.49. The Labute approximate surface area is 251 Å². The van der Waals surface area contributed by atoms with E-state index in [9.17, 15) is 15.0 Å². The van der Waals surface area contributed by atoms with E-state index < -0.39 is 24.5 Å². The van der Waals surface area contributed by atoms with Crippen molar-refractivity contribution in [3.8, 4) is 0 Å². The van der Waals surface area contributed by atoms with Gasteiger partial charge in [0.1, 0.15) is 6.10 Å². The maximum atomic E-state index is 11.5. The van der Waals surface area contributed by atoms with Gasteiger partial charge in [-0.1, -0.05) is 60.7 Å². The summed E-state index contributed by atoms with van der Waals surface area (Å²) in [6, 6.07) is 19.2. The number of tetrazole rings is 1. The Kier molecular flexibility index (Phi) is 8.67. The molecule has 228 valence electrons. The maximum absolute atomic E-state index is 11.5. The third-order valence-electron chi connectivity index (χ3n) is 7.31. The Morgan fingerprint density at radius 2 is 1.84 bits per heavy atom. The predicted molar refractivity (Wildman–Crippen MR) is 157 cm³/mol. The summed E-state index contributed by atoms with van der Waals surface area (Å²) in [5.74, 6) is 0.826. The number of ether oxygens (including phenoxy) is 2. The largest absolute Gasteiger partial charge is 0.457 e. The van der Waals surface area contributed by atoms with Gasteiger partial charge in [0.25, 0.3) is 6.47 Å². The van der Waals surface area contributed by atoms with Gasteiger partial charge < -0.3 is 30.3 Å². The zero-order valence-corrected chi connectivity index (χ0v) is 23.8. The Hall–Kier alpha value is -4.99. The van der Waals surface area contributed by atoms with Crippen LogP contribution in [0, 0.1) is 0 Å².